The molecule has 2 aliphatic heterocycles. The molecule has 0 aromatic heterocycles. The zero-order valence-corrected chi connectivity index (χ0v) is 23.0. The first kappa shape index (κ1) is 30.1. The molecule has 0 amide bonds. The van der Waals surface area contributed by atoms with Gasteiger partial charge in [0.1, 0.15) is 0 Å². The summed E-state index contributed by atoms with van der Waals surface area (Å²) in [6.45, 7) is 5.35. The van der Waals surface area contributed by atoms with Crippen molar-refractivity contribution in [1.29, 1.82) is 0 Å². The van der Waals surface area contributed by atoms with Gasteiger partial charge in [0.2, 0.25) is 0 Å². The van der Waals surface area contributed by atoms with Gasteiger partial charge in [-0.2, -0.15) is 0 Å². The van der Waals surface area contributed by atoms with E-state index in [2.05, 4.69) is 13.8 Å². The quantitative estimate of drug-likeness (QED) is 0.112. The molecule has 0 aromatic carbocycles. The van der Waals surface area contributed by atoms with Crippen LogP contribution >= 0.6 is 0 Å². The van der Waals surface area contributed by atoms with Crippen LogP contribution in [0.1, 0.15) is 149 Å². The van der Waals surface area contributed by atoms with E-state index in [0.29, 0.717) is 26.1 Å². The lowest BCUT2D eigenvalue weighted by atomic mass is 9.69. The second-order valence-electron chi connectivity index (χ2n) is 10.9. The molecule has 1 aliphatic carbocycles. The van der Waals surface area contributed by atoms with Gasteiger partial charge in [0.05, 0.1) is 25.2 Å². The number of hydrogen-bond donors (Lipinski definition) is 0. The number of carbonyl (C=O) groups excluding carboxylic acids is 2. The highest BCUT2D eigenvalue weighted by Crippen LogP contribution is 2.49. The summed E-state index contributed by atoms with van der Waals surface area (Å²) in [5, 5.41) is 0. The van der Waals surface area contributed by atoms with Crippen LogP contribution in [0.25, 0.3) is 0 Å². The molecule has 3 atom stereocenters. The third-order valence-electron chi connectivity index (χ3n) is 7.85. The van der Waals surface area contributed by atoms with Crippen LogP contribution in [0.2, 0.25) is 0 Å². The number of esters is 2. The van der Waals surface area contributed by atoms with Crippen molar-refractivity contribution in [3.8, 4) is 0 Å². The number of rotatable bonds is 22. The normalized spacial score (nSPS) is 23.0. The van der Waals surface area contributed by atoms with Gasteiger partial charge in [0.15, 0.2) is 5.60 Å². The summed E-state index contributed by atoms with van der Waals surface area (Å²) in [5.74, 6) is -1.14. The van der Waals surface area contributed by atoms with E-state index < -0.39 is 11.5 Å². The fourth-order valence-corrected chi connectivity index (χ4v) is 5.56. The average molecular weight is 495 g/mol. The standard InChI is InChI=1S/C30H54O5/c1-3-5-7-9-11-13-15-17-19-23-33-28(31)27-22-21-26-25-30(27,35-26)29(32)34-24-20-18-16-14-12-10-8-6-4-2/h26-27H,3-25H2,1-2H3. The van der Waals surface area contributed by atoms with Crippen LogP contribution in [0.5, 0.6) is 0 Å². The van der Waals surface area contributed by atoms with Gasteiger partial charge in [-0.05, 0) is 25.7 Å². The summed E-state index contributed by atoms with van der Waals surface area (Å²) in [5.41, 5.74) is -1.09. The molecule has 5 nitrogen and oxygen atoms in total. The van der Waals surface area contributed by atoms with Crippen molar-refractivity contribution in [3.05, 3.63) is 0 Å². The maximum Gasteiger partial charge on any atom is 0.339 e. The lowest BCUT2D eigenvalue weighted by Crippen LogP contribution is -2.66. The smallest absolute Gasteiger partial charge is 0.339 e. The first-order valence-electron chi connectivity index (χ1n) is 15.2. The Morgan fingerprint density at radius 3 is 1.57 bits per heavy atom. The third kappa shape index (κ3) is 10.8. The van der Waals surface area contributed by atoms with E-state index in [1.54, 1.807) is 0 Å². The molecule has 0 aromatic rings. The Hall–Kier alpha value is -1.10. The monoisotopic (exact) mass is 494 g/mol. The van der Waals surface area contributed by atoms with Gasteiger partial charge in [0, 0.05) is 6.42 Å². The van der Waals surface area contributed by atoms with Gasteiger partial charge in [-0.1, -0.05) is 117 Å². The van der Waals surface area contributed by atoms with Crippen molar-refractivity contribution in [2.24, 2.45) is 5.92 Å². The highest BCUT2D eigenvalue weighted by Gasteiger charge is 2.63. The molecule has 35 heavy (non-hydrogen) atoms. The van der Waals surface area contributed by atoms with E-state index in [9.17, 15) is 9.59 Å². The molecule has 2 heterocycles. The zero-order chi connectivity index (χ0) is 25.2. The largest absolute Gasteiger partial charge is 0.465 e. The van der Waals surface area contributed by atoms with Gasteiger partial charge in [-0.15, -0.1) is 0 Å². The van der Waals surface area contributed by atoms with Crippen molar-refractivity contribution < 1.29 is 23.8 Å². The Labute approximate surface area is 215 Å². The molecule has 0 radical (unpaired) electrons. The summed E-state index contributed by atoms with van der Waals surface area (Å²) in [6, 6.07) is 0. The average Bonchev–Trinajstić information content (AvgIpc) is 2.85. The Bertz CT molecular complexity index is 569. The van der Waals surface area contributed by atoms with E-state index in [-0.39, 0.29) is 18.0 Å². The van der Waals surface area contributed by atoms with Crippen LogP contribution in [0.3, 0.4) is 0 Å². The minimum absolute atomic E-state index is 0.0941. The Balaban J connectivity index is 1.56. The molecule has 204 valence electrons. The van der Waals surface area contributed by atoms with Crippen LogP contribution in [-0.4, -0.2) is 36.9 Å². The molecular formula is C30H54O5. The molecule has 0 spiro atoms. The molecule has 3 fully saturated rings. The van der Waals surface area contributed by atoms with Crippen LogP contribution in [0.15, 0.2) is 0 Å². The Morgan fingerprint density at radius 1 is 0.657 bits per heavy atom. The molecule has 3 rings (SSSR count). The predicted molar refractivity (Wildman–Crippen MR) is 141 cm³/mol. The lowest BCUT2D eigenvalue weighted by molar-refractivity contribution is -0.268. The first-order valence-corrected chi connectivity index (χ1v) is 15.2. The van der Waals surface area contributed by atoms with Crippen molar-refractivity contribution >= 4 is 11.9 Å². The van der Waals surface area contributed by atoms with Gasteiger partial charge < -0.3 is 14.2 Å². The second-order valence-corrected chi connectivity index (χ2v) is 10.9. The van der Waals surface area contributed by atoms with E-state index in [4.69, 9.17) is 14.2 Å². The number of carbonyl (C=O) groups is 2. The fourth-order valence-electron chi connectivity index (χ4n) is 5.56. The Kier molecular flexibility index (Phi) is 15.7. The van der Waals surface area contributed by atoms with Gasteiger partial charge >= 0.3 is 11.9 Å². The van der Waals surface area contributed by atoms with Crippen molar-refractivity contribution in [3.63, 3.8) is 0 Å². The van der Waals surface area contributed by atoms with E-state index in [0.717, 1.165) is 32.1 Å². The summed E-state index contributed by atoms with van der Waals surface area (Å²) in [6.07, 6.45) is 24.3. The number of unbranched alkanes of at least 4 members (excludes halogenated alkanes) is 16. The second kappa shape index (κ2) is 18.2. The summed E-state index contributed by atoms with van der Waals surface area (Å²) in [4.78, 5) is 25.7. The number of fused-ring (bicyclic) bond motifs is 2. The summed E-state index contributed by atoms with van der Waals surface area (Å²) >= 11 is 0. The number of hydrogen-bond acceptors (Lipinski definition) is 5. The molecule has 2 saturated heterocycles. The predicted octanol–water partition coefficient (Wildman–Crippen LogP) is 8.07. The minimum atomic E-state index is -1.09. The van der Waals surface area contributed by atoms with Crippen molar-refractivity contribution in [2.75, 3.05) is 13.2 Å². The topological polar surface area (TPSA) is 61.8 Å². The lowest BCUT2D eigenvalue weighted by Gasteiger charge is -2.53. The molecule has 0 N–H and O–H groups in total. The molecule has 2 bridgehead atoms. The molecule has 3 aliphatic rings. The highest BCUT2D eigenvalue weighted by molar-refractivity contribution is 5.89. The SMILES string of the molecule is CCCCCCCCCCCOC(=O)C1CCC2CC1(C(=O)OCCCCCCCCCCC)O2. The van der Waals surface area contributed by atoms with Gasteiger partial charge in [-0.3, -0.25) is 4.79 Å². The highest BCUT2D eigenvalue weighted by atomic mass is 16.6. The summed E-state index contributed by atoms with van der Waals surface area (Å²) < 4.78 is 17.1. The van der Waals surface area contributed by atoms with E-state index in [1.807, 2.05) is 0 Å². The minimum Gasteiger partial charge on any atom is -0.465 e. The van der Waals surface area contributed by atoms with Gasteiger partial charge in [0.25, 0.3) is 0 Å². The van der Waals surface area contributed by atoms with Crippen LogP contribution in [0, 0.1) is 5.92 Å². The number of ether oxygens (including phenoxy) is 3. The zero-order valence-electron chi connectivity index (χ0n) is 23.0. The van der Waals surface area contributed by atoms with Crippen LogP contribution in [0.4, 0.5) is 0 Å². The molecule has 1 saturated carbocycles. The van der Waals surface area contributed by atoms with Gasteiger partial charge in [-0.25, -0.2) is 4.79 Å². The first-order chi connectivity index (χ1) is 17.1. The molecule has 5 heteroatoms. The van der Waals surface area contributed by atoms with E-state index >= 15 is 0 Å². The van der Waals surface area contributed by atoms with Crippen LogP contribution in [-0.2, 0) is 23.8 Å². The van der Waals surface area contributed by atoms with E-state index in [1.165, 1.54) is 89.9 Å². The molecular weight excluding hydrogens is 440 g/mol. The third-order valence-corrected chi connectivity index (χ3v) is 7.85. The summed E-state index contributed by atoms with van der Waals surface area (Å²) in [7, 11) is 0. The maximum atomic E-state index is 12.9. The van der Waals surface area contributed by atoms with Crippen molar-refractivity contribution in [2.45, 2.75) is 160 Å². The Morgan fingerprint density at radius 2 is 1.09 bits per heavy atom. The maximum absolute atomic E-state index is 12.9. The fraction of sp³-hybridized carbons (Fsp3) is 0.933. The van der Waals surface area contributed by atoms with Crippen LogP contribution < -0.4 is 0 Å². The molecule has 3 unspecified atom stereocenters. The van der Waals surface area contributed by atoms with Crippen molar-refractivity contribution in [1.82, 2.24) is 0 Å².